The van der Waals surface area contributed by atoms with Crippen LogP contribution in [-0.4, -0.2) is 48.4 Å². The number of ether oxygens (including phenoxy) is 1. The van der Waals surface area contributed by atoms with Crippen LogP contribution in [0.5, 0.6) is 0 Å². The molecule has 3 amide bonds. The van der Waals surface area contributed by atoms with Gasteiger partial charge in [-0.2, -0.15) is 0 Å². The lowest BCUT2D eigenvalue weighted by molar-refractivity contribution is -0.126. The van der Waals surface area contributed by atoms with Crippen molar-refractivity contribution in [3.63, 3.8) is 0 Å². The molecule has 0 spiro atoms. The van der Waals surface area contributed by atoms with E-state index in [4.69, 9.17) is 4.74 Å². The molecule has 1 aliphatic heterocycles. The third kappa shape index (κ3) is 6.40. The number of rotatable bonds is 7. The molecule has 4 N–H and O–H groups in total. The second kappa shape index (κ2) is 11.3. The minimum absolute atomic E-state index is 0.0820. The zero-order chi connectivity index (χ0) is 21.3. The van der Waals surface area contributed by atoms with Gasteiger partial charge in [0.2, 0.25) is 5.91 Å². The molecule has 1 aliphatic carbocycles. The van der Waals surface area contributed by atoms with Crippen molar-refractivity contribution in [2.24, 2.45) is 5.92 Å². The number of hydrogen-bond donors (Lipinski definition) is 4. The van der Waals surface area contributed by atoms with Gasteiger partial charge in [0.1, 0.15) is 11.9 Å². The molecule has 2 aliphatic rings. The fraction of sp³-hybridized carbons (Fsp3) is 0.636. The molecule has 3 atom stereocenters. The topological polar surface area (TPSA) is 99.7 Å². The first kappa shape index (κ1) is 22.5. The fourth-order valence-corrected chi connectivity index (χ4v) is 4.26. The molecule has 0 bridgehead atoms. The number of halogens is 1. The first-order chi connectivity index (χ1) is 14.6. The molecule has 8 heteroatoms. The number of aliphatic hydroxyl groups excluding tert-OH is 1. The molecule has 1 saturated carbocycles. The van der Waals surface area contributed by atoms with E-state index in [1.165, 1.54) is 18.6 Å². The highest BCUT2D eigenvalue weighted by atomic mass is 19.1. The van der Waals surface area contributed by atoms with Gasteiger partial charge in [-0.25, -0.2) is 9.18 Å². The lowest BCUT2D eigenvalue weighted by atomic mass is 9.88. The van der Waals surface area contributed by atoms with Crippen molar-refractivity contribution in [3.8, 4) is 0 Å². The summed E-state index contributed by atoms with van der Waals surface area (Å²) in [5.41, 5.74) is 0.0962. The van der Waals surface area contributed by atoms with E-state index in [2.05, 4.69) is 16.0 Å². The zero-order valence-electron chi connectivity index (χ0n) is 17.2. The second-order valence-corrected chi connectivity index (χ2v) is 8.16. The van der Waals surface area contributed by atoms with E-state index in [1.807, 2.05) is 0 Å². The Kier molecular flexibility index (Phi) is 8.45. The number of carbonyl (C=O) groups is 2. The molecule has 1 heterocycles. The van der Waals surface area contributed by atoms with Gasteiger partial charge in [0.15, 0.2) is 0 Å². The predicted molar refractivity (Wildman–Crippen MR) is 112 cm³/mol. The minimum atomic E-state index is -0.538. The number of amides is 3. The first-order valence-corrected chi connectivity index (χ1v) is 10.9. The number of aliphatic hydroxyl groups is 1. The molecule has 1 aromatic rings. The summed E-state index contributed by atoms with van der Waals surface area (Å²) in [4.78, 5) is 24.4. The molecule has 166 valence electrons. The summed E-state index contributed by atoms with van der Waals surface area (Å²) in [6.45, 7) is 0.319. The molecule has 30 heavy (non-hydrogen) atoms. The summed E-state index contributed by atoms with van der Waals surface area (Å²) >= 11 is 0. The number of nitrogens with one attached hydrogen (secondary N) is 3. The van der Waals surface area contributed by atoms with Crippen LogP contribution in [0.15, 0.2) is 24.3 Å². The van der Waals surface area contributed by atoms with Crippen molar-refractivity contribution in [1.82, 2.24) is 10.6 Å². The number of para-hydroxylation sites is 1. The van der Waals surface area contributed by atoms with Crippen LogP contribution in [0, 0.1) is 11.7 Å². The molecule has 3 rings (SSSR count). The Labute approximate surface area is 176 Å². The maximum atomic E-state index is 13.7. The van der Waals surface area contributed by atoms with E-state index in [-0.39, 0.29) is 36.3 Å². The summed E-state index contributed by atoms with van der Waals surface area (Å²) in [5.74, 6) is -0.243. The van der Waals surface area contributed by atoms with Crippen LogP contribution in [0.4, 0.5) is 14.9 Å². The summed E-state index contributed by atoms with van der Waals surface area (Å²) < 4.78 is 19.6. The van der Waals surface area contributed by atoms with Gasteiger partial charge in [-0.1, -0.05) is 31.4 Å². The highest BCUT2D eigenvalue weighted by molar-refractivity contribution is 5.89. The Morgan fingerprint density at radius 2 is 1.87 bits per heavy atom. The molecule has 2 fully saturated rings. The zero-order valence-corrected chi connectivity index (χ0v) is 17.2. The molecule has 1 saturated heterocycles. The number of carbonyl (C=O) groups excluding carboxylic acids is 2. The number of benzene rings is 1. The van der Waals surface area contributed by atoms with Gasteiger partial charge in [-0.05, 0) is 44.2 Å². The van der Waals surface area contributed by atoms with Gasteiger partial charge in [-0.15, -0.1) is 0 Å². The predicted octanol–water partition coefficient (Wildman–Crippen LogP) is 2.94. The van der Waals surface area contributed by atoms with Crippen LogP contribution in [0.3, 0.4) is 0 Å². The number of hydrogen-bond acceptors (Lipinski definition) is 4. The minimum Gasteiger partial charge on any atom is -0.394 e. The fourth-order valence-electron chi connectivity index (χ4n) is 4.26. The van der Waals surface area contributed by atoms with Gasteiger partial charge in [0, 0.05) is 12.5 Å². The normalized spacial score (nSPS) is 24.8. The quantitative estimate of drug-likeness (QED) is 0.544. The second-order valence-electron chi connectivity index (χ2n) is 8.16. The summed E-state index contributed by atoms with van der Waals surface area (Å²) in [6.07, 6.45) is 6.81. The third-order valence-corrected chi connectivity index (χ3v) is 5.98. The molecule has 0 unspecified atom stereocenters. The Balaban J connectivity index is 1.40. The van der Waals surface area contributed by atoms with Crippen LogP contribution >= 0.6 is 0 Å². The van der Waals surface area contributed by atoms with E-state index in [0.717, 1.165) is 25.7 Å². The summed E-state index contributed by atoms with van der Waals surface area (Å²) in [7, 11) is 0. The maximum absolute atomic E-state index is 13.7. The van der Waals surface area contributed by atoms with Crippen molar-refractivity contribution in [2.45, 2.75) is 69.6 Å². The van der Waals surface area contributed by atoms with Crippen molar-refractivity contribution < 1.29 is 23.8 Å². The molecule has 7 nitrogen and oxygen atoms in total. The lowest BCUT2D eigenvalue weighted by Crippen LogP contribution is -2.52. The molecular weight excluding hydrogens is 389 g/mol. The van der Waals surface area contributed by atoms with E-state index in [9.17, 15) is 19.1 Å². The van der Waals surface area contributed by atoms with E-state index in [0.29, 0.717) is 25.8 Å². The van der Waals surface area contributed by atoms with Crippen molar-refractivity contribution in [3.05, 3.63) is 30.1 Å². The van der Waals surface area contributed by atoms with Gasteiger partial charge >= 0.3 is 6.03 Å². The van der Waals surface area contributed by atoms with Crippen molar-refractivity contribution in [1.29, 1.82) is 0 Å². The Bertz CT molecular complexity index is 711. The summed E-state index contributed by atoms with van der Waals surface area (Å²) in [6, 6.07) is 5.03. The number of urea groups is 1. The van der Waals surface area contributed by atoms with Crippen LogP contribution in [0.2, 0.25) is 0 Å². The monoisotopic (exact) mass is 421 g/mol. The molecule has 0 aromatic heterocycles. The first-order valence-electron chi connectivity index (χ1n) is 10.9. The van der Waals surface area contributed by atoms with Crippen LogP contribution in [0.1, 0.15) is 51.4 Å². The Morgan fingerprint density at radius 3 is 2.60 bits per heavy atom. The lowest BCUT2D eigenvalue weighted by Gasteiger charge is -2.36. The largest absolute Gasteiger partial charge is 0.394 e. The van der Waals surface area contributed by atoms with Gasteiger partial charge in [-0.3, -0.25) is 4.79 Å². The SMILES string of the molecule is O=C(Nc1ccccc1F)N[C@H]1CC[C@H](CCNC(=O)C2CCCCC2)O[C@@H]1CO. The Morgan fingerprint density at radius 1 is 1.10 bits per heavy atom. The van der Waals surface area contributed by atoms with Crippen LogP contribution < -0.4 is 16.0 Å². The van der Waals surface area contributed by atoms with E-state index in [1.54, 1.807) is 12.1 Å². The average molecular weight is 422 g/mol. The van der Waals surface area contributed by atoms with Crippen LogP contribution in [0.25, 0.3) is 0 Å². The van der Waals surface area contributed by atoms with E-state index < -0.39 is 18.0 Å². The van der Waals surface area contributed by atoms with Gasteiger partial charge < -0.3 is 25.8 Å². The standard InChI is InChI=1S/C22H32FN3O4/c23-17-8-4-5-9-18(17)25-22(29)26-19-11-10-16(30-20(19)14-27)12-13-24-21(28)15-6-2-1-3-7-15/h4-5,8-9,15-16,19-20,27H,1-3,6-7,10-14H2,(H,24,28)(H2,25,26,29)/t16-,19+,20-/m1/s1. The van der Waals surface area contributed by atoms with Crippen molar-refractivity contribution in [2.75, 3.05) is 18.5 Å². The van der Waals surface area contributed by atoms with Crippen LogP contribution in [-0.2, 0) is 9.53 Å². The van der Waals surface area contributed by atoms with E-state index >= 15 is 0 Å². The highest BCUT2D eigenvalue weighted by Crippen LogP contribution is 2.24. The number of anilines is 1. The van der Waals surface area contributed by atoms with Gasteiger partial charge in [0.25, 0.3) is 0 Å². The molecular formula is C22H32FN3O4. The molecule has 1 aromatic carbocycles. The summed E-state index contributed by atoms with van der Waals surface area (Å²) in [5, 5.41) is 17.9. The smallest absolute Gasteiger partial charge is 0.319 e. The highest BCUT2D eigenvalue weighted by Gasteiger charge is 2.32. The maximum Gasteiger partial charge on any atom is 0.319 e. The van der Waals surface area contributed by atoms with Crippen molar-refractivity contribution >= 4 is 17.6 Å². The van der Waals surface area contributed by atoms with Gasteiger partial charge in [0.05, 0.1) is 24.4 Å². The third-order valence-electron chi connectivity index (χ3n) is 5.98. The molecule has 0 radical (unpaired) electrons. The Hall–Kier alpha value is -2.19. The average Bonchev–Trinajstić information content (AvgIpc) is 2.76.